The molecule has 1 heterocycles. The number of rotatable bonds is 6. The first-order chi connectivity index (χ1) is 6.36. The zero-order valence-corrected chi connectivity index (χ0v) is 7.48. The van der Waals surface area contributed by atoms with E-state index in [0.29, 0.717) is 19.6 Å². The van der Waals surface area contributed by atoms with Gasteiger partial charge in [-0.15, -0.1) is 0 Å². The molecule has 0 fully saturated rings. The molecule has 3 N–H and O–H groups in total. The van der Waals surface area contributed by atoms with Crippen molar-refractivity contribution in [2.45, 2.75) is 6.54 Å². The van der Waals surface area contributed by atoms with Gasteiger partial charge in [-0.05, 0) is 0 Å². The second-order valence-electron chi connectivity index (χ2n) is 2.76. The highest BCUT2D eigenvalue weighted by Crippen LogP contribution is 1.96. The number of hydrogen-bond donors (Lipinski definition) is 3. The lowest BCUT2D eigenvalue weighted by Crippen LogP contribution is -2.29. The first-order valence-corrected chi connectivity index (χ1v) is 4.29. The van der Waals surface area contributed by atoms with Crippen LogP contribution in [0.15, 0.2) is 12.4 Å². The average Bonchev–Trinajstić information content (AvgIpc) is 2.58. The van der Waals surface area contributed by atoms with Gasteiger partial charge in [-0.3, -0.25) is 4.90 Å². The summed E-state index contributed by atoms with van der Waals surface area (Å²) in [4.78, 5) is 8.96. The molecule has 0 radical (unpaired) electrons. The molecule has 0 unspecified atom stereocenters. The van der Waals surface area contributed by atoms with Gasteiger partial charge in [0.15, 0.2) is 0 Å². The first-order valence-electron chi connectivity index (χ1n) is 4.29. The molecular weight excluding hydrogens is 170 g/mol. The number of aliphatic hydroxyl groups excluding tert-OH is 2. The van der Waals surface area contributed by atoms with Crippen LogP contribution in [-0.2, 0) is 6.54 Å². The molecule has 13 heavy (non-hydrogen) atoms. The topological polar surface area (TPSA) is 72.4 Å². The molecule has 1 aromatic heterocycles. The number of H-pyrrole nitrogens is 1. The minimum absolute atomic E-state index is 0.0979. The largest absolute Gasteiger partial charge is 0.395 e. The summed E-state index contributed by atoms with van der Waals surface area (Å²) in [7, 11) is 0. The fourth-order valence-corrected chi connectivity index (χ4v) is 1.15. The van der Waals surface area contributed by atoms with Gasteiger partial charge in [-0.25, -0.2) is 4.98 Å². The van der Waals surface area contributed by atoms with Gasteiger partial charge in [0.05, 0.1) is 19.8 Å². The van der Waals surface area contributed by atoms with Crippen LogP contribution in [0, 0.1) is 0 Å². The van der Waals surface area contributed by atoms with E-state index in [1.54, 1.807) is 12.4 Å². The Labute approximate surface area is 77.0 Å². The van der Waals surface area contributed by atoms with Gasteiger partial charge >= 0.3 is 0 Å². The maximum Gasteiger partial charge on any atom is 0.120 e. The van der Waals surface area contributed by atoms with Gasteiger partial charge in [0.25, 0.3) is 0 Å². The van der Waals surface area contributed by atoms with E-state index in [-0.39, 0.29) is 13.2 Å². The van der Waals surface area contributed by atoms with Crippen LogP contribution >= 0.6 is 0 Å². The van der Waals surface area contributed by atoms with E-state index in [2.05, 4.69) is 9.97 Å². The van der Waals surface area contributed by atoms with Crippen molar-refractivity contribution in [1.82, 2.24) is 14.9 Å². The van der Waals surface area contributed by atoms with Crippen molar-refractivity contribution in [2.75, 3.05) is 26.3 Å². The zero-order valence-electron chi connectivity index (χ0n) is 7.48. The van der Waals surface area contributed by atoms with Crippen LogP contribution in [0.2, 0.25) is 0 Å². The summed E-state index contributed by atoms with van der Waals surface area (Å²) in [5, 5.41) is 17.5. The van der Waals surface area contributed by atoms with Crippen LogP contribution < -0.4 is 0 Å². The molecule has 0 amide bonds. The van der Waals surface area contributed by atoms with Crippen molar-refractivity contribution >= 4 is 0 Å². The Kier molecular flexibility index (Phi) is 4.45. The predicted molar refractivity (Wildman–Crippen MR) is 48.0 cm³/mol. The molecule has 0 atom stereocenters. The summed E-state index contributed by atoms with van der Waals surface area (Å²) in [5.74, 6) is 0.849. The molecule has 0 aliphatic carbocycles. The summed E-state index contributed by atoms with van der Waals surface area (Å²) in [5.41, 5.74) is 0. The number of imidazole rings is 1. The standard InChI is InChI=1S/C8H15N3O2/c12-5-3-11(4-6-13)7-8-9-1-2-10-8/h1-2,12-13H,3-7H2,(H,9,10). The van der Waals surface area contributed by atoms with Crippen molar-refractivity contribution < 1.29 is 10.2 Å². The summed E-state index contributed by atoms with van der Waals surface area (Å²) in [6.07, 6.45) is 3.44. The predicted octanol–water partition coefficient (Wildman–Crippen LogP) is -0.804. The highest BCUT2D eigenvalue weighted by molar-refractivity contribution is 4.86. The molecule has 0 aromatic carbocycles. The van der Waals surface area contributed by atoms with Crippen LogP contribution in [0.3, 0.4) is 0 Å². The van der Waals surface area contributed by atoms with Gasteiger partial charge in [0, 0.05) is 25.5 Å². The Balaban J connectivity index is 2.37. The van der Waals surface area contributed by atoms with E-state index in [9.17, 15) is 0 Å². The molecule has 0 saturated carbocycles. The molecule has 1 aromatic rings. The monoisotopic (exact) mass is 185 g/mol. The second kappa shape index (κ2) is 5.69. The maximum absolute atomic E-state index is 8.74. The smallest absolute Gasteiger partial charge is 0.120 e. The molecule has 0 bridgehead atoms. The van der Waals surface area contributed by atoms with Crippen LogP contribution in [0.25, 0.3) is 0 Å². The van der Waals surface area contributed by atoms with E-state index in [0.717, 1.165) is 5.82 Å². The lowest BCUT2D eigenvalue weighted by atomic mass is 10.4. The SMILES string of the molecule is OCCN(CCO)Cc1ncc[nH]1. The van der Waals surface area contributed by atoms with Gasteiger partial charge in [-0.1, -0.05) is 0 Å². The lowest BCUT2D eigenvalue weighted by Gasteiger charge is -2.18. The fraction of sp³-hybridized carbons (Fsp3) is 0.625. The molecule has 5 heteroatoms. The molecule has 1 rings (SSSR count). The highest BCUT2D eigenvalue weighted by Gasteiger charge is 2.05. The fourth-order valence-electron chi connectivity index (χ4n) is 1.15. The van der Waals surface area contributed by atoms with Crippen molar-refractivity contribution in [3.05, 3.63) is 18.2 Å². The van der Waals surface area contributed by atoms with E-state index >= 15 is 0 Å². The van der Waals surface area contributed by atoms with E-state index in [1.807, 2.05) is 4.90 Å². The molecule has 74 valence electrons. The second-order valence-corrected chi connectivity index (χ2v) is 2.76. The number of aromatic nitrogens is 2. The number of hydrogen-bond acceptors (Lipinski definition) is 4. The zero-order chi connectivity index (χ0) is 9.52. The number of nitrogens with zero attached hydrogens (tertiary/aromatic N) is 2. The average molecular weight is 185 g/mol. The van der Waals surface area contributed by atoms with Gasteiger partial charge in [-0.2, -0.15) is 0 Å². The number of nitrogens with one attached hydrogen (secondary N) is 1. The van der Waals surface area contributed by atoms with E-state index < -0.39 is 0 Å². The van der Waals surface area contributed by atoms with Crippen molar-refractivity contribution in [2.24, 2.45) is 0 Å². The number of aromatic amines is 1. The summed E-state index contributed by atoms with van der Waals surface area (Å²) >= 11 is 0. The minimum Gasteiger partial charge on any atom is -0.395 e. The van der Waals surface area contributed by atoms with Crippen LogP contribution in [0.1, 0.15) is 5.82 Å². The quantitative estimate of drug-likeness (QED) is 0.542. The lowest BCUT2D eigenvalue weighted by molar-refractivity contribution is 0.153. The molecule has 0 aliphatic heterocycles. The molecule has 0 aliphatic rings. The minimum atomic E-state index is 0.0979. The summed E-state index contributed by atoms with van der Waals surface area (Å²) in [6.45, 7) is 1.94. The molecular formula is C8H15N3O2. The molecule has 0 spiro atoms. The Hall–Kier alpha value is -0.910. The third kappa shape index (κ3) is 3.54. The Bertz CT molecular complexity index is 207. The van der Waals surface area contributed by atoms with E-state index in [1.165, 1.54) is 0 Å². The third-order valence-electron chi connectivity index (χ3n) is 1.76. The van der Waals surface area contributed by atoms with Crippen LogP contribution in [0.4, 0.5) is 0 Å². The Morgan fingerprint density at radius 3 is 2.46 bits per heavy atom. The van der Waals surface area contributed by atoms with Gasteiger partial charge in [0.1, 0.15) is 5.82 Å². The Morgan fingerprint density at radius 2 is 2.00 bits per heavy atom. The van der Waals surface area contributed by atoms with Crippen molar-refractivity contribution in [3.8, 4) is 0 Å². The molecule has 0 saturated heterocycles. The van der Waals surface area contributed by atoms with Gasteiger partial charge < -0.3 is 15.2 Å². The van der Waals surface area contributed by atoms with Gasteiger partial charge in [0.2, 0.25) is 0 Å². The maximum atomic E-state index is 8.74. The van der Waals surface area contributed by atoms with Crippen LogP contribution in [-0.4, -0.2) is 51.4 Å². The van der Waals surface area contributed by atoms with Crippen molar-refractivity contribution in [3.63, 3.8) is 0 Å². The number of aliphatic hydroxyl groups is 2. The summed E-state index contributed by atoms with van der Waals surface area (Å²) in [6, 6.07) is 0. The third-order valence-corrected chi connectivity index (χ3v) is 1.76. The normalized spacial score (nSPS) is 11.0. The summed E-state index contributed by atoms with van der Waals surface area (Å²) < 4.78 is 0. The first kappa shape index (κ1) is 10.2. The van der Waals surface area contributed by atoms with E-state index in [4.69, 9.17) is 10.2 Å². The van der Waals surface area contributed by atoms with Crippen LogP contribution in [0.5, 0.6) is 0 Å². The van der Waals surface area contributed by atoms with Crippen molar-refractivity contribution in [1.29, 1.82) is 0 Å². The molecule has 5 nitrogen and oxygen atoms in total. The highest BCUT2D eigenvalue weighted by atomic mass is 16.3. The Morgan fingerprint density at radius 1 is 1.31 bits per heavy atom.